The van der Waals surface area contributed by atoms with Gasteiger partial charge in [0.2, 0.25) is 0 Å². The van der Waals surface area contributed by atoms with Gasteiger partial charge in [0, 0.05) is 11.9 Å². The van der Waals surface area contributed by atoms with Crippen LogP contribution in [0.5, 0.6) is 0 Å². The number of pyridine rings is 1. The third-order valence-electron chi connectivity index (χ3n) is 1.24. The van der Waals surface area contributed by atoms with Gasteiger partial charge in [0.15, 0.2) is 0 Å². The third-order valence-corrected chi connectivity index (χ3v) is 2.27. The van der Waals surface area contributed by atoms with Crippen molar-refractivity contribution in [2.24, 2.45) is 5.73 Å². The van der Waals surface area contributed by atoms with Crippen molar-refractivity contribution in [1.82, 2.24) is 4.98 Å². The van der Waals surface area contributed by atoms with Crippen molar-refractivity contribution in [3.05, 3.63) is 24.4 Å². The molecule has 13 heavy (non-hydrogen) atoms. The number of hydrogen-bond donors (Lipinski definition) is 1. The van der Waals surface area contributed by atoms with Gasteiger partial charge in [-0.25, -0.2) is 4.98 Å². The second kappa shape index (κ2) is 10.1. The molecule has 0 aromatic carbocycles. The molecule has 0 saturated carbocycles. The molecule has 1 aromatic heterocycles. The van der Waals surface area contributed by atoms with Crippen LogP contribution < -0.4 is 5.73 Å². The molecule has 1 heterocycles. The number of halogens is 2. The zero-order chi connectivity index (χ0) is 7.94. The molecule has 0 unspecified atom stereocenters. The Morgan fingerprint density at radius 3 is 2.62 bits per heavy atom. The van der Waals surface area contributed by atoms with Gasteiger partial charge in [0.25, 0.3) is 0 Å². The monoisotopic (exact) mass is 240 g/mol. The second-order valence-corrected chi connectivity index (χ2v) is 3.27. The minimum atomic E-state index is 0. The van der Waals surface area contributed by atoms with Gasteiger partial charge in [-0.3, -0.25) is 0 Å². The van der Waals surface area contributed by atoms with Crippen LogP contribution in [-0.4, -0.2) is 17.3 Å². The summed E-state index contributed by atoms with van der Waals surface area (Å²) in [5.41, 5.74) is 5.36. The topological polar surface area (TPSA) is 38.9 Å². The van der Waals surface area contributed by atoms with Crippen molar-refractivity contribution in [2.45, 2.75) is 11.4 Å². The van der Waals surface area contributed by atoms with Gasteiger partial charge in [-0.2, -0.15) is 0 Å². The molecule has 0 radical (unpaired) electrons. The van der Waals surface area contributed by atoms with E-state index in [0.717, 1.165) is 23.7 Å². The fraction of sp³-hybridized carbons (Fsp3) is 0.375. The Labute approximate surface area is 95.5 Å². The minimum absolute atomic E-state index is 0. The molecular weight excluding hydrogens is 227 g/mol. The Morgan fingerprint density at radius 2 is 2.08 bits per heavy atom. The molecule has 1 rings (SSSR count). The lowest BCUT2D eigenvalue weighted by Crippen LogP contribution is -1.99. The average Bonchev–Trinajstić information content (AvgIpc) is 2.07. The molecule has 1 aromatic rings. The predicted molar refractivity (Wildman–Crippen MR) is 63.1 cm³/mol. The highest BCUT2D eigenvalue weighted by molar-refractivity contribution is 7.99. The Morgan fingerprint density at radius 1 is 1.31 bits per heavy atom. The molecule has 0 aliphatic carbocycles. The Kier molecular flexibility index (Phi) is 12.1. The van der Waals surface area contributed by atoms with Crippen LogP contribution >= 0.6 is 36.6 Å². The van der Waals surface area contributed by atoms with Crippen LogP contribution in [-0.2, 0) is 0 Å². The summed E-state index contributed by atoms with van der Waals surface area (Å²) in [6.07, 6.45) is 2.87. The van der Waals surface area contributed by atoms with Crippen molar-refractivity contribution in [3.8, 4) is 0 Å². The summed E-state index contributed by atoms with van der Waals surface area (Å²) in [4.78, 5) is 4.17. The number of nitrogens with zero attached hydrogens (tertiary/aromatic N) is 1. The van der Waals surface area contributed by atoms with E-state index in [1.165, 1.54) is 0 Å². The SMILES string of the molecule is Cl.Cl.NCCCSc1ccccn1. The fourth-order valence-corrected chi connectivity index (χ4v) is 1.52. The predicted octanol–water partition coefficient (Wildman–Crippen LogP) is 2.37. The molecule has 2 N–H and O–H groups in total. The lowest BCUT2D eigenvalue weighted by molar-refractivity contribution is 0.940. The lowest BCUT2D eigenvalue weighted by atomic mass is 10.5. The maximum absolute atomic E-state index is 5.36. The first kappa shape index (κ1) is 15.5. The Balaban J connectivity index is 0. The highest BCUT2D eigenvalue weighted by Crippen LogP contribution is 2.13. The first-order chi connectivity index (χ1) is 5.43. The number of aromatic nitrogens is 1. The van der Waals surface area contributed by atoms with Crippen molar-refractivity contribution < 1.29 is 0 Å². The highest BCUT2D eigenvalue weighted by atomic mass is 35.5. The van der Waals surface area contributed by atoms with E-state index in [-0.39, 0.29) is 24.8 Å². The van der Waals surface area contributed by atoms with Crippen LogP contribution in [0.25, 0.3) is 0 Å². The van der Waals surface area contributed by atoms with Crippen LogP contribution in [0.2, 0.25) is 0 Å². The van der Waals surface area contributed by atoms with E-state index in [1.807, 2.05) is 24.4 Å². The van der Waals surface area contributed by atoms with Gasteiger partial charge in [0.05, 0.1) is 5.03 Å². The molecule has 0 saturated heterocycles. The highest BCUT2D eigenvalue weighted by Gasteiger charge is 1.91. The van der Waals surface area contributed by atoms with E-state index in [2.05, 4.69) is 4.98 Å². The van der Waals surface area contributed by atoms with Crippen LogP contribution in [0.4, 0.5) is 0 Å². The number of thioether (sulfide) groups is 1. The van der Waals surface area contributed by atoms with Crippen molar-refractivity contribution in [2.75, 3.05) is 12.3 Å². The maximum atomic E-state index is 5.36. The first-order valence-electron chi connectivity index (χ1n) is 3.67. The molecule has 0 aliphatic rings. The van der Waals surface area contributed by atoms with Crippen molar-refractivity contribution in [1.29, 1.82) is 0 Å². The largest absolute Gasteiger partial charge is 0.330 e. The second-order valence-electron chi connectivity index (χ2n) is 2.16. The zero-order valence-electron chi connectivity index (χ0n) is 7.18. The first-order valence-corrected chi connectivity index (χ1v) is 4.66. The lowest BCUT2D eigenvalue weighted by Gasteiger charge is -1.96. The summed E-state index contributed by atoms with van der Waals surface area (Å²) in [7, 11) is 0. The van der Waals surface area contributed by atoms with Gasteiger partial charge in [-0.05, 0) is 25.1 Å². The standard InChI is InChI=1S/C8H12N2S.2ClH/c9-5-3-7-11-8-4-1-2-6-10-8;;/h1-2,4,6H,3,5,7,9H2;2*1H. The summed E-state index contributed by atoms with van der Waals surface area (Å²) in [6, 6.07) is 5.94. The Hall–Kier alpha value is 0.0400. The van der Waals surface area contributed by atoms with Gasteiger partial charge < -0.3 is 5.73 Å². The number of hydrogen-bond acceptors (Lipinski definition) is 3. The summed E-state index contributed by atoms with van der Waals surface area (Å²) < 4.78 is 0. The van der Waals surface area contributed by atoms with Crippen molar-refractivity contribution in [3.63, 3.8) is 0 Å². The van der Waals surface area contributed by atoms with E-state index >= 15 is 0 Å². The van der Waals surface area contributed by atoms with Gasteiger partial charge in [-0.1, -0.05) is 6.07 Å². The molecule has 0 fully saturated rings. The van der Waals surface area contributed by atoms with Gasteiger partial charge in [0.1, 0.15) is 0 Å². The van der Waals surface area contributed by atoms with E-state index in [4.69, 9.17) is 5.73 Å². The minimum Gasteiger partial charge on any atom is -0.330 e. The van der Waals surface area contributed by atoms with Crippen molar-refractivity contribution >= 4 is 36.6 Å². The molecule has 5 heteroatoms. The quantitative estimate of drug-likeness (QED) is 0.649. The average molecular weight is 241 g/mol. The van der Waals surface area contributed by atoms with Crippen LogP contribution in [0.3, 0.4) is 0 Å². The summed E-state index contributed by atoms with van der Waals surface area (Å²) in [6.45, 7) is 0.764. The van der Waals surface area contributed by atoms with E-state index < -0.39 is 0 Å². The number of rotatable bonds is 4. The number of nitrogens with two attached hydrogens (primary N) is 1. The Bertz CT molecular complexity index is 197. The smallest absolute Gasteiger partial charge is 0.0959 e. The van der Waals surface area contributed by atoms with E-state index in [9.17, 15) is 0 Å². The van der Waals surface area contributed by atoms with E-state index in [0.29, 0.717) is 0 Å². The maximum Gasteiger partial charge on any atom is 0.0959 e. The third kappa shape index (κ3) is 7.14. The molecule has 0 amide bonds. The van der Waals surface area contributed by atoms with Crippen LogP contribution in [0.15, 0.2) is 29.4 Å². The normalized spacial score (nSPS) is 8.38. The van der Waals surface area contributed by atoms with Crippen LogP contribution in [0, 0.1) is 0 Å². The van der Waals surface area contributed by atoms with Crippen LogP contribution in [0.1, 0.15) is 6.42 Å². The fourth-order valence-electron chi connectivity index (χ4n) is 0.693. The molecule has 0 aliphatic heterocycles. The molecule has 2 nitrogen and oxygen atoms in total. The van der Waals surface area contributed by atoms with E-state index in [1.54, 1.807) is 11.8 Å². The summed E-state index contributed by atoms with van der Waals surface area (Å²) in [5, 5.41) is 1.08. The van der Waals surface area contributed by atoms with Gasteiger partial charge >= 0.3 is 0 Å². The van der Waals surface area contributed by atoms with Gasteiger partial charge in [-0.15, -0.1) is 36.6 Å². The summed E-state index contributed by atoms with van der Waals surface area (Å²) in [5.74, 6) is 1.06. The molecular formula is C8H14Cl2N2S. The molecule has 0 bridgehead atoms. The molecule has 76 valence electrons. The molecule has 0 spiro atoms. The zero-order valence-corrected chi connectivity index (χ0v) is 9.63. The molecule has 0 atom stereocenters. The summed E-state index contributed by atoms with van der Waals surface area (Å²) >= 11 is 1.75.